The van der Waals surface area contributed by atoms with Crippen LogP contribution in [-0.4, -0.2) is 36.5 Å². The third-order valence-electron chi connectivity index (χ3n) is 4.65. The summed E-state index contributed by atoms with van der Waals surface area (Å²) >= 11 is 1.49. The molecule has 0 atom stereocenters. The SMILES string of the molecule is CCN(Cc1ccccc1)C(=O)Cn1nc2cc(Sc3ccccc3)ncn2c1=O. The molecule has 4 rings (SSSR count). The second-order valence-corrected chi connectivity index (χ2v) is 7.80. The molecule has 0 unspecified atom stereocenters. The third kappa shape index (κ3) is 4.44. The van der Waals surface area contributed by atoms with Crippen LogP contribution in [0, 0.1) is 0 Å². The molecule has 0 spiro atoms. The van der Waals surface area contributed by atoms with Crippen molar-refractivity contribution in [2.45, 2.75) is 29.9 Å². The van der Waals surface area contributed by atoms with Gasteiger partial charge in [0.05, 0.1) is 0 Å². The van der Waals surface area contributed by atoms with E-state index in [0.29, 0.717) is 18.7 Å². The summed E-state index contributed by atoms with van der Waals surface area (Å²) in [6, 6.07) is 21.4. The Morgan fingerprint density at radius 1 is 1.07 bits per heavy atom. The van der Waals surface area contributed by atoms with E-state index in [1.165, 1.54) is 27.2 Å². The van der Waals surface area contributed by atoms with Gasteiger partial charge in [0.15, 0.2) is 5.65 Å². The van der Waals surface area contributed by atoms with Gasteiger partial charge in [-0.05, 0) is 24.6 Å². The fourth-order valence-electron chi connectivity index (χ4n) is 3.08. The van der Waals surface area contributed by atoms with Gasteiger partial charge in [-0.25, -0.2) is 18.9 Å². The van der Waals surface area contributed by atoms with Crippen molar-refractivity contribution < 1.29 is 4.79 Å². The van der Waals surface area contributed by atoms with Crippen LogP contribution in [0.3, 0.4) is 0 Å². The van der Waals surface area contributed by atoms with Crippen LogP contribution in [-0.2, 0) is 17.9 Å². The number of carbonyl (C=O) groups is 1. The maximum atomic E-state index is 12.8. The van der Waals surface area contributed by atoms with Crippen LogP contribution in [0.15, 0.2) is 87.8 Å². The van der Waals surface area contributed by atoms with Crippen LogP contribution >= 0.6 is 11.8 Å². The van der Waals surface area contributed by atoms with E-state index in [2.05, 4.69) is 10.1 Å². The van der Waals surface area contributed by atoms with E-state index in [9.17, 15) is 9.59 Å². The maximum absolute atomic E-state index is 12.8. The van der Waals surface area contributed by atoms with Crippen molar-refractivity contribution in [2.24, 2.45) is 0 Å². The number of amides is 1. The number of aromatic nitrogens is 4. The van der Waals surface area contributed by atoms with Gasteiger partial charge in [0, 0.05) is 24.1 Å². The summed E-state index contributed by atoms with van der Waals surface area (Å²) in [5, 5.41) is 5.08. The van der Waals surface area contributed by atoms with Gasteiger partial charge in [0.25, 0.3) is 0 Å². The number of nitrogens with zero attached hydrogens (tertiary/aromatic N) is 5. The zero-order chi connectivity index (χ0) is 20.9. The van der Waals surface area contributed by atoms with Crippen LogP contribution < -0.4 is 5.69 Å². The number of likely N-dealkylation sites (N-methyl/N-ethyl adjacent to an activating group) is 1. The first-order valence-electron chi connectivity index (χ1n) is 9.64. The summed E-state index contributed by atoms with van der Waals surface area (Å²) in [4.78, 5) is 32.5. The Balaban J connectivity index is 1.52. The van der Waals surface area contributed by atoms with Crippen LogP contribution in [0.2, 0.25) is 0 Å². The topological polar surface area (TPSA) is 72.5 Å². The molecule has 0 aliphatic heterocycles. The first-order valence-corrected chi connectivity index (χ1v) is 10.5. The molecule has 152 valence electrons. The average Bonchev–Trinajstić information content (AvgIpc) is 3.08. The molecule has 0 fully saturated rings. The fourth-order valence-corrected chi connectivity index (χ4v) is 3.88. The third-order valence-corrected chi connectivity index (χ3v) is 5.59. The van der Waals surface area contributed by atoms with E-state index < -0.39 is 0 Å². The molecule has 30 heavy (non-hydrogen) atoms. The Labute approximate surface area is 178 Å². The molecule has 1 amide bonds. The smallest absolute Gasteiger partial charge is 0.337 e. The highest BCUT2D eigenvalue weighted by Crippen LogP contribution is 2.25. The van der Waals surface area contributed by atoms with Gasteiger partial charge in [-0.2, -0.15) is 0 Å². The van der Waals surface area contributed by atoms with Crippen LogP contribution in [0.4, 0.5) is 0 Å². The van der Waals surface area contributed by atoms with Crippen LogP contribution in [0.1, 0.15) is 12.5 Å². The Bertz CT molecular complexity index is 1200. The van der Waals surface area contributed by atoms with E-state index in [-0.39, 0.29) is 18.1 Å². The largest absolute Gasteiger partial charge is 0.352 e. The molecule has 2 aromatic heterocycles. The van der Waals surface area contributed by atoms with E-state index in [1.807, 2.05) is 67.6 Å². The summed E-state index contributed by atoms with van der Waals surface area (Å²) in [7, 11) is 0. The minimum absolute atomic E-state index is 0.109. The van der Waals surface area contributed by atoms with Crippen LogP contribution in [0.5, 0.6) is 0 Å². The standard InChI is InChI=1S/C22H21N5O2S/c1-2-25(14-17-9-5-3-6-10-17)21(28)15-27-22(29)26-16-23-20(13-19(26)24-27)30-18-11-7-4-8-12-18/h3-13,16H,2,14-15H2,1H3. The molecule has 0 saturated carbocycles. The lowest BCUT2D eigenvalue weighted by Crippen LogP contribution is -2.36. The molecular formula is C22H21N5O2S. The lowest BCUT2D eigenvalue weighted by molar-refractivity contribution is -0.132. The highest BCUT2D eigenvalue weighted by atomic mass is 32.2. The quantitative estimate of drug-likeness (QED) is 0.431. The molecule has 0 radical (unpaired) electrons. The summed E-state index contributed by atoms with van der Waals surface area (Å²) < 4.78 is 2.56. The monoisotopic (exact) mass is 419 g/mol. The molecule has 7 nitrogen and oxygen atoms in total. The van der Waals surface area contributed by atoms with Crippen molar-refractivity contribution >= 4 is 23.3 Å². The molecular weight excluding hydrogens is 398 g/mol. The Morgan fingerprint density at radius 2 is 1.77 bits per heavy atom. The number of hydrogen-bond acceptors (Lipinski definition) is 5. The van der Waals surface area contributed by atoms with Gasteiger partial charge in [-0.1, -0.05) is 60.3 Å². The predicted octanol–water partition coefficient (Wildman–Crippen LogP) is 3.09. The van der Waals surface area contributed by atoms with Crippen molar-refractivity contribution in [2.75, 3.05) is 6.54 Å². The maximum Gasteiger partial charge on any atom is 0.352 e. The van der Waals surface area contributed by atoms with Crippen molar-refractivity contribution in [3.63, 3.8) is 0 Å². The number of benzene rings is 2. The zero-order valence-corrected chi connectivity index (χ0v) is 17.3. The number of fused-ring (bicyclic) bond motifs is 1. The highest BCUT2D eigenvalue weighted by molar-refractivity contribution is 7.99. The van der Waals surface area contributed by atoms with Crippen molar-refractivity contribution in [3.8, 4) is 0 Å². The van der Waals surface area contributed by atoms with Gasteiger partial charge in [0.2, 0.25) is 5.91 Å². The molecule has 0 aliphatic rings. The summed E-state index contributed by atoms with van der Waals surface area (Å²) in [5.74, 6) is -0.154. The number of hydrogen-bond donors (Lipinski definition) is 0. The molecule has 0 N–H and O–H groups in total. The fraction of sp³-hybridized carbons (Fsp3) is 0.182. The summed E-state index contributed by atoms with van der Waals surface area (Å²) in [6.07, 6.45) is 1.46. The first kappa shape index (κ1) is 19.9. The average molecular weight is 420 g/mol. The van der Waals surface area contributed by atoms with E-state index >= 15 is 0 Å². The van der Waals surface area contributed by atoms with Gasteiger partial charge in [-0.15, -0.1) is 5.10 Å². The predicted molar refractivity (Wildman–Crippen MR) is 115 cm³/mol. The lowest BCUT2D eigenvalue weighted by atomic mass is 10.2. The zero-order valence-electron chi connectivity index (χ0n) is 16.5. The minimum Gasteiger partial charge on any atom is -0.337 e. The second kappa shape index (κ2) is 8.96. The second-order valence-electron chi connectivity index (χ2n) is 6.70. The van der Waals surface area contributed by atoms with Gasteiger partial charge in [0.1, 0.15) is 17.9 Å². The molecule has 4 aromatic rings. The van der Waals surface area contributed by atoms with Crippen molar-refractivity contribution in [3.05, 3.63) is 89.1 Å². The molecule has 0 saturated heterocycles. The van der Waals surface area contributed by atoms with E-state index in [1.54, 1.807) is 11.0 Å². The molecule has 0 bridgehead atoms. The highest BCUT2D eigenvalue weighted by Gasteiger charge is 2.17. The summed E-state index contributed by atoms with van der Waals surface area (Å²) in [6.45, 7) is 2.86. The van der Waals surface area contributed by atoms with Crippen molar-refractivity contribution in [1.29, 1.82) is 0 Å². The van der Waals surface area contributed by atoms with Gasteiger partial charge < -0.3 is 4.90 Å². The lowest BCUT2D eigenvalue weighted by Gasteiger charge is -2.20. The molecule has 2 heterocycles. The first-order chi connectivity index (χ1) is 14.6. The Morgan fingerprint density at radius 3 is 2.47 bits per heavy atom. The van der Waals surface area contributed by atoms with Gasteiger partial charge >= 0.3 is 5.69 Å². The van der Waals surface area contributed by atoms with Crippen molar-refractivity contribution in [1.82, 2.24) is 24.1 Å². The van der Waals surface area contributed by atoms with Gasteiger partial charge in [-0.3, -0.25) is 4.79 Å². The van der Waals surface area contributed by atoms with Crippen LogP contribution in [0.25, 0.3) is 5.65 Å². The Hall–Kier alpha value is -3.39. The number of rotatable bonds is 7. The Kier molecular flexibility index (Phi) is 5.94. The van der Waals surface area contributed by atoms with E-state index in [0.717, 1.165) is 15.5 Å². The minimum atomic E-state index is -0.377. The summed E-state index contributed by atoms with van der Waals surface area (Å²) in [5.41, 5.74) is 1.13. The van der Waals surface area contributed by atoms with E-state index in [4.69, 9.17) is 0 Å². The molecule has 0 aliphatic carbocycles. The normalized spacial score (nSPS) is 11.0. The molecule has 2 aromatic carbocycles. The number of carbonyl (C=O) groups excluding carboxylic acids is 1. The molecule has 8 heteroatoms.